The Morgan fingerprint density at radius 3 is 1.81 bits per heavy atom. The van der Waals surface area contributed by atoms with Gasteiger partial charge in [0.15, 0.2) is 11.4 Å². The zero-order valence-corrected chi connectivity index (χ0v) is 20.5. The molecular formula is C18H15Cl2LiN4O5S2. The second kappa shape index (κ2) is 11.9. The number of hydrogen-bond donors (Lipinski definition) is 1. The Morgan fingerprint density at radius 2 is 1.38 bits per heavy atom. The van der Waals surface area contributed by atoms with E-state index in [0.717, 1.165) is 14.5 Å². The van der Waals surface area contributed by atoms with Crippen LogP contribution in [-0.4, -0.2) is 49.1 Å². The van der Waals surface area contributed by atoms with Crippen molar-refractivity contribution in [2.75, 3.05) is 6.61 Å². The van der Waals surface area contributed by atoms with Crippen molar-refractivity contribution in [1.29, 1.82) is 0 Å². The van der Waals surface area contributed by atoms with Crippen molar-refractivity contribution in [2.45, 2.75) is 20.8 Å². The average Bonchev–Trinajstić information content (AvgIpc) is 3.21. The number of carboxylic acid groups (broad SMARTS) is 1. The number of carbonyl (C=O) groups is 2. The van der Waals surface area contributed by atoms with Crippen LogP contribution in [0, 0.1) is 13.8 Å². The number of carboxylic acids is 1. The van der Waals surface area contributed by atoms with E-state index in [1.54, 1.807) is 13.0 Å². The molecule has 0 aliphatic rings. The number of nitrogens with zero attached hydrogens (tertiary/aromatic N) is 4. The molecule has 0 spiro atoms. The summed E-state index contributed by atoms with van der Waals surface area (Å²) in [6.07, 6.45) is 0. The molecule has 164 valence electrons. The third-order valence-corrected chi connectivity index (χ3v) is 6.04. The van der Waals surface area contributed by atoms with Crippen molar-refractivity contribution < 1.29 is 43.8 Å². The quantitative estimate of drug-likeness (QED) is 0.249. The number of halogens is 2. The summed E-state index contributed by atoms with van der Waals surface area (Å²) in [5, 5.41) is 8.90. The normalized spacial score (nSPS) is 10.0. The van der Waals surface area contributed by atoms with Gasteiger partial charge in [-0.15, -0.1) is 22.7 Å². The Labute approximate surface area is 212 Å². The minimum Gasteiger partial charge on any atom is -0.870 e. The topological polar surface area (TPSA) is 145 Å². The summed E-state index contributed by atoms with van der Waals surface area (Å²) in [5.74, 6) is -1.54. The molecule has 4 aromatic rings. The molecule has 14 heteroatoms. The number of hydrogen-bond acceptors (Lipinski definition) is 10. The maximum Gasteiger partial charge on any atom is 1.00 e. The Morgan fingerprint density at radius 1 is 0.938 bits per heavy atom. The minimum atomic E-state index is -1.08. The number of thiophene rings is 2. The van der Waals surface area contributed by atoms with Gasteiger partial charge in [-0.3, -0.25) is 0 Å². The number of carbonyl (C=O) groups excluding carboxylic acids is 1. The van der Waals surface area contributed by atoms with Gasteiger partial charge in [0.05, 0.1) is 27.0 Å². The molecular weight excluding hydrogens is 494 g/mol. The van der Waals surface area contributed by atoms with Crippen LogP contribution >= 0.6 is 45.9 Å². The first-order chi connectivity index (χ1) is 14.2. The number of aromatic carboxylic acids is 1. The summed E-state index contributed by atoms with van der Waals surface area (Å²) < 4.78 is 6.21. The van der Waals surface area contributed by atoms with Crippen LogP contribution in [0.25, 0.3) is 20.4 Å². The largest absolute Gasteiger partial charge is 1.00 e. The average molecular weight is 509 g/mol. The predicted octanol–water partition coefficient (Wildman–Crippen LogP) is 2.01. The van der Waals surface area contributed by atoms with Crippen LogP contribution < -0.4 is 18.9 Å². The number of rotatable bonds is 3. The van der Waals surface area contributed by atoms with Crippen LogP contribution in [0.2, 0.25) is 10.6 Å². The van der Waals surface area contributed by atoms with Gasteiger partial charge >= 0.3 is 30.8 Å². The Kier molecular flexibility index (Phi) is 10.4. The molecule has 0 aromatic carbocycles. The monoisotopic (exact) mass is 508 g/mol. The Hall–Kier alpha value is -1.84. The summed E-state index contributed by atoms with van der Waals surface area (Å²) >= 11 is 14.2. The van der Waals surface area contributed by atoms with Crippen LogP contribution in [0.3, 0.4) is 0 Å². The van der Waals surface area contributed by atoms with Gasteiger partial charge in [-0.25, -0.2) is 29.5 Å². The van der Waals surface area contributed by atoms with Crippen LogP contribution in [0.4, 0.5) is 0 Å². The van der Waals surface area contributed by atoms with Crippen molar-refractivity contribution in [3.05, 3.63) is 43.8 Å². The number of fused-ring (bicyclic) bond motifs is 2. The zero-order chi connectivity index (χ0) is 22.0. The number of aromatic nitrogens is 4. The van der Waals surface area contributed by atoms with Crippen LogP contribution in [0.1, 0.15) is 37.7 Å². The maximum atomic E-state index is 11.7. The molecule has 0 saturated carbocycles. The van der Waals surface area contributed by atoms with E-state index in [2.05, 4.69) is 19.9 Å². The van der Waals surface area contributed by atoms with E-state index in [-0.39, 0.29) is 46.3 Å². The van der Waals surface area contributed by atoms with E-state index in [0.29, 0.717) is 22.3 Å². The number of aryl methyl sites for hydroxylation is 2. The molecule has 0 bridgehead atoms. The summed E-state index contributed by atoms with van der Waals surface area (Å²) in [5.41, 5.74) is 1.49. The van der Waals surface area contributed by atoms with Gasteiger partial charge in [0.1, 0.15) is 0 Å². The van der Waals surface area contributed by atoms with Crippen molar-refractivity contribution in [2.24, 2.45) is 0 Å². The molecule has 4 heterocycles. The van der Waals surface area contributed by atoms with Gasteiger partial charge in [0.25, 0.3) is 0 Å². The maximum absolute atomic E-state index is 11.7. The molecule has 0 amide bonds. The fourth-order valence-corrected chi connectivity index (χ4v) is 4.73. The Balaban J connectivity index is 0.000000303. The van der Waals surface area contributed by atoms with E-state index in [4.69, 9.17) is 33.0 Å². The Bertz CT molecular complexity index is 1280. The first-order valence-corrected chi connectivity index (χ1v) is 10.9. The first-order valence-electron chi connectivity index (χ1n) is 8.47. The van der Waals surface area contributed by atoms with E-state index in [9.17, 15) is 9.59 Å². The molecule has 0 fully saturated rings. The van der Waals surface area contributed by atoms with E-state index < -0.39 is 11.9 Å². The molecule has 0 radical (unpaired) electrons. The third-order valence-electron chi connectivity index (χ3n) is 3.61. The first kappa shape index (κ1) is 28.2. The molecule has 4 aromatic heterocycles. The predicted molar refractivity (Wildman–Crippen MR) is 119 cm³/mol. The summed E-state index contributed by atoms with van der Waals surface area (Å²) in [6.45, 7) is 5.88. The second-order valence-corrected chi connectivity index (χ2v) is 9.04. The molecule has 9 nitrogen and oxygen atoms in total. The van der Waals surface area contributed by atoms with Gasteiger partial charge in [0, 0.05) is 9.75 Å². The summed E-state index contributed by atoms with van der Waals surface area (Å²) in [7, 11) is 0. The van der Waals surface area contributed by atoms with E-state index >= 15 is 0 Å². The van der Waals surface area contributed by atoms with Gasteiger partial charge in [-0.05, 0) is 56.1 Å². The van der Waals surface area contributed by atoms with Crippen molar-refractivity contribution in [3.8, 4) is 0 Å². The number of ether oxygens (including phenoxy) is 1. The smallest absolute Gasteiger partial charge is 0.870 e. The van der Waals surface area contributed by atoms with Gasteiger partial charge < -0.3 is 15.3 Å². The summed E-state index contributed by atoms with van der Waals surface area (Å²) in [6, 6.07) is 3.66. The molecule has 2 N–H and O–H groups in total. The molecule has 0 unspecified atom stereocenters. The minimum absolute atomic E-state index is 0. The van der Waals surface area contributed by atoms with Gasteiger partial charge in [-0.1, -0.05) is 0 Å². The molecule has 0 atom stereocenters. The molecule has 0 aliphatic heterocycles. The van der Waals surface area contributed by atoms with Crippen LogP contribution in [0.15, 0.2) is 12.1 Å². The van der Waals surface area contributed by atoms with E-state index in [1.807, 2.05) is 19.9 Å². The number of esters is 1. The van der Waals surface area contributed by atoms with Gasteiger partial charge in [-0.2, -0.15) is 0 Å². The molecule has 0 aliphatic carbocycles. The van der Waals surface area contributed by atoms with Crippen molar-refractivity contribution in [3.63, 3.8) is 0 Å². The molecule has 0 saturated heterocycles. The van der Waals surface area contributed by atoms with Gasteiger partial charge in [0.2, 0.25) is 10.6 Å². The fraction of sp³-hybridized carbons (Fsp3) is 0.222. The standard InChI is InChI=1S/C10H9ClN2O2S.C8H5ClN2O2S.Li.H2O/c1-3-15-9(14)7-8-6(4-5(2)16-8)12-10(11)13-7;1-3-2-4-6(14-3)5(7(12)13)11-8(9)10-4;;/h4H,3H2,1-2H3;2H,1H3,(H,12,13);;1H2/q;;+1;/p-1. The third kappa shape index (κ3) is 6.36. The zero-order valence-electron chi connectivity index (χ0n) is 17.3. The van der Waals surface area contributed by atoms with E-state index in [1.165, 1.54) is 22.7 Å². The van der Waals surface area contributed by atoms with Crippen LogP contribution in [0.5, 0.6) is 0 Å². The van der Waals surface area contributed by atoms with Crippen molar-refractivity contribution >= 4 is 78.2 Å². The second-order valence-electron chi connectivity index (χ2n) is 5.85. The fourth-order valence-electron chi connectivity index (χ4n) is 2.52. The summed E-state index contributed by atoms with van der Waals surface area (Å²) in [4.78, 5) is 40.1. The molecule has 4 rings (SSSR count). The SMILES string of the molecule is CCOC(=O)c1nc(Cl)nc2cc(C)sc12.Cc1cc2nc(Cl)nc(C(=O)O)c2s1.[Li+].[OH-]. The van der Waals surface area contributed by atoms with Crippen LogP contribution in [-0.2, 0) is 4.74 Å². The molecule has 32 heavy (non-hydrogen) atoms. The van der Waals surface area contributed by atoms with Crippen molar-refractivity contribution in [1.82, 2.24) is 19.9 Å².